The van der Waals surface area contributed by atoms with Gasteiger partial charge < -0.3 is 10.2 Å². The molecule has 21 heavy (non-hydrogen) atoms. The highest BCUT2D eigenvalue weighted by Crippen LogP contribution is 2.30. The number of carbonyl (C=O) groups is 1. The Kier molecular flexibility index (Phi) is 4.15. The van der Waals surface area contributed by atoms with Crippen LogP contribution in [0, 0.1) is 0 Å². The van der Waals surface area contributed by atoms with E-state index >= 15 is 0 Å². The summed E-state index contributed by atoms with van der Waals surface area (Å²) in [5, 5.41) is 5.66. The van der Waals surface area contributed by atoms with E-state index in [2.05, 4.69) is 33.4 Å². The molecule has 0 spiro atoms. The van der Waals surface area contributed by atoms with Crippen molar-refractivity contribution in [1.82, 2.24) is 4.90 Å². The van der Waals surface area contributed by atoms with Crippen LogP contribution in [-0.2, 0) is 4.79 Å². The SMILES string of the molecule is CC(Nc1ccc(Br)c2ccccc12)C(=O)N1CCCC1. The number of benzene rings is 2. The van der Waals surface area contributed by atoms with Crippen LogP contribution in [0.4, 0.5) is 5.69 Å². The summed E-state index contributed by atoms with van der Waals surface area (Å²) in [7, 11) is 0. The summed E-state index contributed by atoms with van der Waals surface area (Å²) in [5.74, 6) is 0.194. The molecule has 1 unspecified atom stereocenters. The van der Waals surface area contributed by atoms with Crippen LogP contribution in [0.5, 0.6) is 0 Å². The zero-order chi connectivity index (χ0) is 14.8. The van der Waals surface area contributed by atoms with Gasteiger partial charge in [0.25, 0.3) is 0 Å². The maximum Gasteiger partial charge on any atom is 0.244 e. The Morgan fingerprint density at radius 2 is 1.81 bits per heavy atom. The number of halogens is 1. The van der Waals surface area contributed by atoms with Crippen LogP contribution in [0.3, 0.4) is 0 Å². The maximum absolute atomic E-state index is 12.4. The monoisotopic (exact) mass is 346 g/mol. The van der Waals surface area contributed by atoms with Crippen LogP contribution in [0.25, 0.3) is 10.8 Å². The molecular weight excluding hydrogens is 328 g/mol. The number of hydrogen-bond donors (Lipinski definition) is 1. The summed E-state index contributed by atoms with van der Waals surface area (Å²) in [6.45, 7) is 3.73. The molecule has 110 valence electrons. The van der Waals surface area contributed by atoms with Gasteiger partial charge in [0.2, 0.25) is 5.91 Å². The predicted molar refractivity (Wildman–Crippen MR) is 90.5 cm³/mol. The van der Waals surface area contributed by atoms with Crippen molar-refractivity contribution < 1.29 is 4.79 Å². The van der Waals surface area contributed by atoms with Gasteiger partial charge in [0, 0.05) is 28.6 Å². The van der Waals surface area contributed by atoms with Crippen molar-refractivity contribution in [2.24, 2.45) is 0 Å². The Bertz CT molecular complexity index is 665. The van der Waals surface area contributed by atoms with Gasteiger partial charge in [-0.1, -0.05) is 40.2 Å². The predicted octanol–water partition coefficient (Wildman–Crippen LogP) is 4.03. The minimum absolute atomic E-state index is 0.194. The second-order valence-corrected chi connectivity index (χ2v) is 6.39. The van der Waals surface area contributed by atoms with Crippen molar-refractivity contribution in [2.75, 3.05) is 18.4 Å². The number of anilines is 1. The molecule has 0 aliphatic carbocycles. The Labute approximate surface area is 133 Å². The summed E-state index contributed by atoms with van der Waals surface area (Å²) in [5.41, 5.74) is 1.01. The number of likely N-dealkylation sites (tertiary alicyclic amines) is 1. The third-order valence-corrected chi connectivity index (χ3v) is 4.72. The number of amides is 1. The summed E-state index contributed by atoms with van der Waals surface area (Å²) in [6.07, 6.45) is 2.25. The average Bonchev–Trinajstić information content (AvgIpc) is 3.04. The van der Waals surface area contributed by atoms with Gasteiger partial charge in [0.1, 0.15) is 6.04 Å². The van der Waals surface area contributed by atoms with E-state index in [0.717, 1.165) is 46.9 Å². The van der Waals surface area contributed by atoms with Gasteiger partial charge in [-0.15, -0.1) is 0 Å². The van der Waals surface area contributed by atoms with Gasteiger partial charge in [-0.2, -0.15) is 0 Å². The molecule has 2 aromatic rings. The Hall–Kier alpha value is -1.55. The van der Waals surface area contributed by atoms with Crippen LogP contribution in [0.2, 0.25) is 0 Å². The molecule has 1 atom stereocenters. The molecular formula is C17H19BrN2O. The number of fused-ring (bicyclic) bond motifs is 1. The van der Waals surface area contributed by atoms with Crippen molar-refractivity contribution in [3.8, 4) is 0 Å². The molecule has 3 rings (SSSR count). The minimum Gasteiger partial charge on any atom is -0.373 e. The largest absolute Gasteiger partial charge is 0.373 e. The first-order chi connectivity index (χ1) is 10.2. The molecule has 0 aromatic heterocycles. The summed E-state index contributed by atoms with van der Waals surface area (Å²) < 4.78 is 1.07. The highest BCUT2D eigenvalue weighted by atomic mass is 79.9. The quantitative estimate of drug-likeness (QED) is 0.909. The van der Waals surface area contributed by atoms with Gasteiger partial charge in [-0.05, 0) is 37.3 Å². The normalized spacial score (nSPS) is 16.2. The topological polar surface area (TPSA) is 32.3 Å². The first kappa shape index (κ1) is 14.4. The van der Waals surface area contributed by atoms with Crippen molar-refractivity contribution in [3.63, 3.8) is 0 Å². The molecule has 4 heteroatoms. The first-order valence-corrected chi connectivity index (χ1v) is 8.18. The highest BCUT2D eigenvalue weighted by molar-refractivity contribution is 9.10. The van der Waals surface area contributed by atoms with Crippen LogP contribution >= 0.6 is 15.9 Å². The molecule has 3 nitrogen and oxygen atoms in total. The maximum atomic E-state index is 12.4. The van der Waals surface area contributed by atoms with E-state index < -0.39 is 0 Å². The zero-order valence-electron chi connectivity index (χ0n) is 12.1. The van der Waals surface area contributed by atoms with Crippen molar-refractivity contribution in [1.29, 1.82) is 0 Å². The van der Waals surface area contributed by atoms with Gasteiger partial charge in [0.15, 0.2) is 0 Å². The second kappa shape index (κ2) is 6.06. The molecule has 1 N–H and O–H groups in total. The zero-order valence-corrected chi connectivity index (χ0v) is 13.7. The summed E-state index contributed by atoms with van der Waals surface area (Å²) in [4.78, 5) is 14.4. The molecule has 1 aliphatic rings. The lowest BCUT2D eigenvalue weighted by Gasteiger charge is -2.22. The third-order valence-electron chi connectivity index (χ3n) is 4.03. The van der Waals surface area contributed by atoms with E-state index in [1.165, 1.54) is 0 Å². The van der Waals surface area contributed by atoms with Crippen molar-refractivity contribution >= 4 is 38.3 Å². The molecule has 1 saturated heterocycles. The Morgan fingerprint density at radius 3 is 2.52 bits per heavy atom. The summed E-state index contributed by atoms with van der Waals surface area (Å²) >= 11 is 3.58. The van der Waals surface area contributed by atoms with Gasteiger partial charge in [-0.25, -0.2) is 0 Å². The molecule has 1 fully saturated rings. The first-order valence-electron chi connectivity index (χ1n) is 7.39. The molecule has 1 heterocycles. The lowest BCUT2D eigenvalue weighted by atomic mass is 10.1. The summed E-state index contributed by atoms with van der Waals surface area (Å²) in [6, 6.07) is 12.1. The van der Waals surface area contributed by atoms with E-state index in [9.17, 15) is 4.79 Å². The van der Waals surface area contributed by atoms with Crippen LogP contribution in [0.15, 0.2) is 40.9 Å². The molecule has 0 radical (unpaired) electrons. The Balaban J connectivity index is 1.84. The number of rotatable bonds is 3. The molecule has 2 aromatic carbocycles. The fourth-order valence-electron chi connectivity index (χ4n) is 2.89. The van der Waals surface area contributed by atoms with E-state index in [1.54, 1.807) is 0 Å². The van der Waals surface area contributed by atoms with E-state index in [0.29, 0.717) is 0 Å². The minimum atomic E-state index is -0.201. The van der Waals surface area contributed by atoms with Crippen LogP contribution in [0.1, 0.15) is 19.8 Å². The number of hydrogen-bond acceptors (Lipinski definition) is 2. The number of carbonyl (C=O) groups excluding carboxylic acids is 1. The van der Waals surface area contributed by atoms with E-state index in [-0.39, 0.29) is 11.9 Å². The molecule has 1 amide bonds. The Morgan fingerprint density at radius 1 is 1.14 bits per heavy atom. The van der Waals surface area contributed by atoms with E-state index in [4.69, 9.17) is 0 Å². The van der Waals surface area contributed by atoms with Crippen LogP contribution in [-0.4, -0.2) is 29.9 Å². The average molecular weight is 347 g/mol. The van der Waals surface area contributed by atoms with Crippen LogP contribution < -0.4 is 5.32 Å². The lowest BCUT2D eigenvalue weighted by molar-refractivity contribution is -0.130. The van der Waals surface area contributed by atoms with Crippen molar-refractivity contribution in [3.05, 3.63) is 40.9 Å². The van der Waals surface area contributed by atoms with Gasteiger partial charge >= 0.3 is 0 Å². The molecule has 1 aliphatic heterocycles. The fourth-order valence-corrected chi connectivity index (χ4v) is 3.37. The smallest absolute Gasteiger partial charge is 0.244 e. The molecule has 0 saturated carbocycles. The lowest BCUT2D eigenvalue weighted by Crippen LogP contribution is -2.39. The third kappa shape index (κ3) is 2.91. The number of nitrogens with one attached hydrogen (secondary N) is 1. The van der Waals surface area contributed by atoms with Gasteiger partial charge in [0.05, 0.1) is 0 Å². The highest BCUT2D eigenvalue weighted by Gasteiger charge is 2.23. The standard InChI is InChI=1S/C17H19BrN2O/c1-12(17(21)20-10-4-5-11-20)19-16-9-8-15(18)13-6-2-3-7-14(13)16/h2-3,6-9,12,19H,4-5,10-11H2,1H3. The number of nitrogens with zero attached hydrogens (tertiary/aromatic N) is 1. The fraction of sp³-hybridized carbons (Fsp3) is 0.353. The van der Waals surface area contributed by atoms with Crippen molar-refractivity contribution in [2.45, 2.75) is 25.8 Å². The van der Waals surface area contributed by atoms with E-state index in [1.807, 2.05) is 36.1 Å². The van der Waals surface area contributed by atoms with Gasteiger partial charge in [-0.3, -0.25) is 4.79 Å². The molecule has 0 bridgehead atoms. The second-order valence-electron chi connectivity index (χ2n) is 5.54.